The molecule has 1 aliphatic heterocycles. The Balaban J connectivity index is 1.66. The van der Waals surface area contributed by atoms with E-state index in [1.165, 1.54) is 13.0 Å². The van der Waals surface area contributed by atoms with Crippen molar-refractivity contribution in [2.24, 2.45) is 4.99 Å². The summed E-state index contributed by atoms with van der Waals surface area (Å²) >= 11 is 0. The lowest BCUT2D eigenvalue weighted by Gasteiger charge is -2.35. The van der Waals surface area contributed by atoms with Crippen molar-refractivity contribution in [2.45, 2.75) is 25.7 Å². The van der Waals surface area contributed by atoms with Gasteiger partial charge in [0.05, 0.1) is 18.7 Å². The van der Waals surface area contributed by atoms with E-state index >= 15 is 0 Å². The van der Waals surface area contributed by atoms with E-state index in [0.29, 0.717) is 43.5 Å². The van der Waals surface area contributed by atoms with Crippen LogP contribution in [0.25, 0.3) is 0 Å². The second kappa shape index (κ2) is 9.82. The predicted molar refractivity (Wildman–Crippen MR) is 113 cm³/mol. The van der Waals surface area contributed by atoms with Crippen LogP contribution in [0.4, 0.5) is 18.9 Å². The van der Waals surface area contributed by atoms with Gasteiger partial charge in [-0.3, -0.25) is 9.79 Å². The molecule has 1 fully saturated rings. The summed E-state index contributed by atoms with van der Waals surface area (Å²) in [4.78, 5) is 17.5. The third kappa shape index (κ3) is 6.21. The van der Waals surface area contributed by atoms with Crippen LogP contribution in [0.3, 0.4) is 0 Å². The van der Waals surface area contributed by atoms with E-state index in [2.05, 4.69) is 15.6 Å². The Morgan fingerprint density at radius 2 is 2.00 bits per heavy atom. The molecule has 0 aromatic heterocycles. The Morgan fingerprint density at radius 1 is 1.23 bits per heavy atom. The van der Waals surface area contributed by atoms with Gasteiger partial charge in [-0.05, 0) is 35.4 Å². The van der Waals surface area contributed by atoms with Crippen LogP contribution in [0.2, 0.25) is 0 Å². The maximum atomic E-state index is 13.1. The van der Waals surface area contributed by atoms with Crippen LogP contribution >= 0.6 is 0 Å². The van der Waals surface area contributed by atoms with Crippen molar-refractivity contribution in [3.63, 3.8) is 0 Å². The summed E-state index contributed by atoms with van der Waals surface area (Å²) in [6.45, 7) is 3.26. The number of aliphatic imine (C=N–C) groups is 1. The molecule has 2 aromatic rings. The molecule has 6 nitrogen and oxygen atoms in total. The van der Waals surface area contributed by atoms with Gasteiger partial charge in [0.2, 0.25) is 5.91 Å². The first-order valence-corrected chi connectivity index (χ1v) is 9.87. The lowest BCUT2D eigenvalue weighted by molar-refractivity contribution is -0.137. The second-order valence-corrected chi connectivity index (χ2v) is 7.21. The zero-order valence-corrected chi connectivity index (χ0v) is 17.4. The molecule has 0 aliphatic carbocycles. The highest BCUT2D eigenvalue weighted by molar-refractivity contribution is 5.88. The molecule has 0 bridgehead atoms. The number of hydrogen-bond donors (Lipinski definition) is 2. The SMILES string of the molecule is CN=C(NCc1cccc(NC(C)=O)c1)N1CCOC(c2cccc(C(F)(F)F)c2)C1. The molecule has 0 spiro atoms. The van der Waals surface area contributed by atoms with Gasteiger partial charge in [0, 0.05) is 32.7 Å². The van der Waals surface area contributed by atoms with Crippen molar-refractivity contribution in [3.8, 4) is 0 Å². The summed E-state index contributed by atoms with van der Waals surface area (Å²) < 4.78 is 44.9. The molecule has 1 saturated heterocycles. The van der Waals surface area contributed by atoms with Gasteiger partial charge in [0.15, 0.2) is 5.96 Å². The Bertz CT molecular complexity index is 946. The Morgan fingerprint density at radius 3 is 2.71 bits per heavy atom. The minimum absolute atomic E-state index is 0.144. The second-order valence-electron chi connectivity index (χ2n) is 7.21. The molecule has 1 aliphatic rings. The average molecular weight is 434 g/mol. The molecule has 9 heteroatoms. The quantitative estimate of drug-likeness (QED) is 0.567. The van der Waals surface area contributed by atoms with Crippen LogP contribution in [0.1, 0.15) is 29.7 Å². The zero-order chi connectivity index (χ0) is 22.4. The zero-order valence-electron chi connectivity index (χ0n) is 17.4. The largest absolute Gasteiger partial charge is 0.416 e. The summed E-state index contributed by atoms with van der Waals surface area (Å²) in [6.07, 6.45) is -4.88. The molecule has 3 rings (SSSR count). The van der Waals surface area contributed by atoms with Gasteiger partial charge >= 0.3 is 6.18 Å². The lowest BCUT2D eigenvalue weighted by Crippen LogP contribution is -2.48. The highest BCUT2D eigenvalue weighted by atomic mass is 19.4. The number of carbonyl (C=O) groups is 1. The molecular weight excluding hydrogens is 409 g/mol. The number of nitrogens with one attached hydrogen (secondary N) is 2. The number of benzene rings is 2. The fraction of sp³-hybridized carbons (Fsp3) is 0.364. The normalized spacial score (nSPS) is 17.4. The molecule has 0 radical (unpaired) electrons. The number of morpholine rings is 1. The van der Waals surface area contributed by atoms with Gasteiger partial charge in [-0.2, -0.15) is 13.2 Å². The number of carbonyl (C=O) groups excluding carboxylic acids is 1. The van der Waals surface area contributed by atoms with Crippen molar-refractivity contribution in [2.75, 3.05) is 32.1 Å². The standard InChI is InChI=1S/C22H25F3N4O2/c1-15(30)28-19-8-3-5-16(11-19)13-27-21(26-2)29-9-10-31-20(14-29)17-6-4-7-18(12-17)22(23,24)25/h3-8,11-12,20H,9-10,13-14H2,1-2H3,(H,26,27)(H,28,30). The van der Waals surface area contributed by atoms with Crippen LogP contribution in [-0.4, -0.2) is 43.5 Å². The van der Waals surface area contributed by atoms with Gasteiger partial charge in [-0.25, -0.2) is 0 Å². The van der Waals surface area contributed by atoms with Crippen LogP contribution < -0.4 is 10.6 Å². The van der Waals surface area contributed by atoms with E-state index in [4.69, 9.17) is 4.74 Å². The first-order valence-electron chi connectivity index (χ1n) is 9.87. The highest BCUT2D eigenvalue weighted by Gasteiger charge is 2.32. The molecule has 1 heterocycles. The first-order chi connectivity index (χ1) is 14.8. The highest BCUT2D eigenvalue weighted by Crippen LogP contribution is 2.32. The van der Waals surface area contributed by atoms with E-state index in [9.17, 15) is 18.0 Å². The van der Waals surface area contributed by atoms with Crippen molar-refractivity contribution >= 4 is 17.6 Å². The Kier molecular flexibility index (Phi) is 7.17. The maximum Gasteiger partial charge on any atom is 0.416 e. The fourth-order valence-corrected chi connectivity index (χ4v) is 3.43. The van der Waals surface area contributed by atoms with Crippen LogP contribution in [0, 0.1) is 0 Å². The van der Waals surface area contributed by atoms with Crippen molar-refractivity contribution < 1.29 is 22.7 Å². The molecule has 2 aromatic carbocycles. The number of anilines is 1. The number of rotatable bonds is 4. The monoisotopic (exact) mass is 434 g/mol. The summed E-state index contributed by atoms with van der Waals surface area (Å²) in [5.41, 5.74) is 1.46. The van der Waals surface area contributed by atoms with Crippen molar-refractivity contribution in [1.29, 1.82) is 0 Å². The molecule has 31 heavy (non-hydrogen) atoms. The fourth-order valence-electron chi connectivity index (χ4n) is 3.43. The number of alkyl halides is 3. The summed E-state index contributed by atoms with van der Waals surface area (Å²) in [7, 11) is 1.66. The molecule has 1 atom stereocenters. The van der Waals surface area contributed by atoms with Gasteiger partial charge in [-0.15, -0.1) is 0 Å². The molecule has 1 amide bonds. The first kappa shape index (κ1) is 22.6. The van der Waals surface area contributed by atoms with Crippen molar-refractivity contribution in [1.82, 2.24) is 10.2 Å². The number of guanidine groups is 1. The minimum Gasteiger partial charge on any atom is -0.370 e. The van der Waals surface area contributed by atoms with Gasteiger partial charge < -0.3 is 20.3 Å². The van der Waals surface area contributed by atoms with Crippen molar-refractivity contribution in [3.05, 3.63) is 65.2 Å². The van der Waals surface area contributed by atoms with E-state index in [1.54, 1.807) is 19.2 Å². The number of nitrogens with zero attached hydrogens (tertiary/aromatic N) is 2. The van der Waals surface area contributed by atoms with E-state index in [1.807, 2.05) is 23.1 Å². The summed E-state index contributed by atoms with van der Waals surface area (Å²) in [5, 5.41) is 6.02. The van der Waals surface area contributed by atoms with Crippen LogP contribution in [0.5, 0.6) is 0 Å². The average Bonchev–Trinajstić information content (AvgIpc) is 2.74. The minimum atomic E-state index is -4.40. The van der Waals surface area contributed by atoms with E-state index in [-0.39, 0.29) is 5.91 Å². The molecular formula is C22H25F3N4O2. The van der Waals surface area contributed by atoms with Crippen LogP contribution in [-0.2, 0) is 22.3 Å². The smallest absolute Gasteiger partial charge is 0.370 e. The number of amides is 1. The van der Waals surface area contributed by atoms with Gasteiger partial charge in [-0.1, -0.05) is 24.3 Å². The number of ether oxygens (including phenoxy) is 1. The summed E-state index contributed by atoms with van der Waals surface area (Å²) in [5.74, 6) is 0.486. The van der Waals surface area contributed by atoms with E-state index < -0.39 is 17.8 Å². The van der Waals surface area contributed by atoms with Gasteiger partial charge in [0.25, 0.3) is 0 Å². The van der Waals surface area contributed by atoms with E-state index in [0.717, 1.165) is 17.7 Å². The third-order valence-corrected chi connectivity index (χ3v) is 4.86. The molecule has 1 unspecified atom stereocenters. The number of hydrogen-bond acceptors (Lipinski definition) is 3. The summed E-state index contributed by atoms with van der Waals surface area (Å²) in [6, 6.07) is 12.7. The third-order valence-electron chi connectivity index (χ3n) is 4.86. The maximum absolute atomic E-state index is 13.1. The molecule has 2 N–H and O–H groups in total. The van der Waals surface area contributed by atoms with Gasteiger partial charge in [0.1, 0.15) is 6.10 Å². The Labute approximate surface area is 179 Å². The Hall–Kier alpha value is -3.07. The van der Waals surface area contributed by atoms with Crippen LogP contribution in [0.15, 0.2) is 53.5 Å². The lowest BCUT2D eigenvalue weighted by atomic mass is 10.0. The molecule has 166 valence electrons. The topological polar surface area (TPSA) is 66.0 Å². The predicted octanol–water partition coefficient (Wildman–Crippen LogP) is 3.81. The molecule has 0 saturated carbocycles. The number of halogens is 3.